The first-order valence-electron chi connectivity index (χ1n) is 5.94. The minimum absolute atomic E-state index is 0.519. The molecule has 0 saturated heterocycles. The minimum Gasteiger partial charge on any atom is -0.311 e. The molecule has 0 bridgehead atoms. The molecular weight excluding hydrogens is 252 g/mol. The molecule has 1 rings (SSSR count). The van der Waals surface area contributed by atoms with Crippen LogP contribution in [0.3, 0.4) is 0 Å². The largest absolute Gasteiger partial charge is 0.311 e. The zero-order valence-corrected chi connectivity index (χ0v) is 11.7. The van der Waals surface area contributed by atoms with E-state index in [1.165, 1.54) is 16.9 Å². The Kier molecular flexibility index (Phi) is 6.17. The first kappa shape index (κ1) is 15.0. The van der Waals surface area contributed by atoms with E-state index in [0.717, 1.165) is 18.7 Å². The van der Waals surface area contributed by atoms with Crippen LogP contribution in [-0.4, -0.2) is 48.6 Å². The standard InChI is InChI=1S/C11H20N4O2S/c1-3-15(18(2,16)17)8-4-6-12-9-11-5-7-13-10-14-11/h5,7,10,12H,3-4,6,8-9H2,1-2H3. The third kappa shape index (κ3) is 5.52. The van der Waals surface area contributed by atoms with Crippen LogP contribution in [0.15, 0.2) is 18.6 Å². The fourth-order valence-corrected chi connectivity index (χ4v) is 2.51. The summed E-state index contributed by atoms with van der Waals surface area (Å²) in [6, 6.07) is 1.85. The van der Waals surface area contributed by atoms with E-state index < -0.39 is 10.0 Å². The minimum atomic E-state index is -3.07. The van der Waals surface area contributed by atoms with Crippen molar-refractivity contribution in [3.05, 3.63) is 24.3 Å². The number of aromatic nitrogens is 2. The van der Waals surface area contributed by atoms with Gasteiger partial charge in [0.2, 0.25) is 10.0 Å². The van der Waals surface area contributed by atoms with Crippen molar-refractivity contribution in [2.75, 3.05) is 25.9 Å². The fourth-order valence-electron chi connectivity index (χ4n) is 1.58. The van der Waals surface area contributed by atoms with Gasteiger partial charge < -0.3 is 5.32 Å². The number of nitrogens with zero attached hydrogens (tertiary/aromatic N) is 3. The molecule has 0 aliphatic rings. The molecule has 0 aliphatic carbocycles. The summed E-state index contributed by atoms with van der Waals surface area (Å²) in [4.78, 5) is 7.93. The lowest BCUT2D eigenvalue weighted by Gasteiger charge is -2.17. The molecular formula is C11H20N4O2S. The maximum atomic E-state index is 11.3. The van der Waals surface area contributed by atoms with Gasteiger partial charge >= 0.3 is 0 Å². The average Bonchev–Trinajstić information content (AvgIpc) is 2.33. The highest BCUT2D eigenvalue weighted by Gasteiger charge is 2.12. The summed E-state index contributed by atoms with van der Waals surface area (Å²) in [5, 5.41) is 3.22. The van der Waals surface area contributed by atoms with Crippen molar-refractivity contribution in [2.24, 2.45) is 0 Å². The van der Waals surface area contributed by atoms with Gasteiger partial charge in [0.1, 0.15) is 6.33 Å². The normalized spacial score (nSPS) is 11.9. The Balaban J connectivity index is 2.19. The molecule has 0 amide bonds. The van der Waals surface area contributed by atoms with Gasteiger partial charge in [-0.1, -0.05) is 6.92 Å². The van der Waals surface area contributed by atoms with E-state index in [2.05, 4.69) is 15.3 Å². The lowest BCUT2D eigenvalue weighted by molar-refractivity contribution is 0.419. The van der Waals surface area contributed by atoms with E-state index in [1.54, 1.807) is 6.20 Å². The second-order valence-corrected chi connectivity index (χ2v) is 5.97. The molecule has 18 heavy (non-hydrogen) atoms. The molecule has 1 heterocycles. The third-order valence-corrected chi connectivity index (χ3v) is 3.91. The molecule has 0 unspecified atom stereocenters. The average molecular weight is 272 g/mol. The Morgan fingerprint density at radius 1 is 1.44 bits per heavy atom. The Bertz CT molecular complexity index is 436. The number of hydrogen-bond acceptors (Lipinski definition) is 5. The van der Waals surface area contributed by atoms with Crippen molar-refractivity contribution in [1.82, 2.24) is 19.6 Å². The van der Waals surface area contributed by atoms with E-state index in [-0.39, 0.29) is 0 Å². The van der Waals surface area contributed by atoms with E-state index in [0.29, 0.717) is 19.6 Å². The predicted molar refractivity (Wildman–Crippen MR) is 70.4 cm³/mol. The van der Waals surface area contributed by atoms with Crippen LogP contribution < -0.4 is 5.32 Å². The topological polar surface area (TPSA) is 75.2 Å². The molecule has 0 fully saturated rings. The van der Waals surface area contributed by atoms with Crippen molar-refractivity contribution in [1.29, 1.82) is 0 Å². The van der Waals surface area contributed by atoms with E-state index in [1.807, 2.05) is 13.0 Å². The molecule has 0 spiro atoms. The van der Waals surface area contributed by atoms with Gasteiger partial charge in [0.05, 0.1) is 11.9 Å². The molecule has 0 atom stereocenters. The zero-order chi connectivity index (χ0) is 13.4. The second-order valence-electron chi connectivity index (χ2n) is 3.99. The molecule has 1 aromatic heterocycles. The highest BCUT2D eigenvalue weighted by Crippen LogP contribution is 1.98. The Morgan fingerprint density at radius 3 is 2.78 bits per heavy atom. The van der Waals surface area contributed by atoms with Crippen LogP contribution in [0.5, 0.6) is 0 Å². The van der Waals surface area contributed by atoms with Gasteiger partial charge in [-0.3, -0.25) is 0 Å². The molecule has 0 aliphatic heterocycles. The lowest BCUT2D eigenvalue weighted by atomic mass is 10.3. The predicted octanol–water partition coefficient (Wildman–Crippen LogP) is 0.238. The van der Waals surface area contributed by atoms with Crippen LogP contribution in [0.2, 0.25) is 0 Å². The van der Waals surface area contributed by atoms with Crippen LogP contribution in [0, 0.1) is 0 Å². The summed E-state index contributed by atoms with van der Waals surface area (Å²) in [5.74, 6) is 0. The monoisotopic (exact) mass is 272 g/mol. The maximum Gasteiger partial charge on any atom is 0.211 e. The van der Waals surface area contributed by atoms with Crippen LogP contribution in [0.25, 0.3) is 0 Å². The van der Waals surface area contributed by atoms with E-state index in [9.17, 15) is 8.42 Å². The third-order valence-electron chi connectivity index (χ3n) is 2.53. The van der Waals surface area contributed by atoms with E-state index in [4.69, 9.17) is 0 Å². The first-order chi connectivity index (χ1) is 8.54. The summed E-state index contributed by atoms with van der Waals surface area (Å²) in [5.41, 5.74) is 0.931. The van der Waals surface area contributed by atoms with Crippen molar-refractivity contribution in [3.63, 3.8) is 0 Å². The van der Waals surface area contributed by atoms with Gasteiger partial charge in [0.25, 0.3) is 0 Å². The van der Waals surface area contributed by atoms with Crippen molar-refractivity contribution in [2.45, 2.75) is 19.9 Å². The Hall–Kier alpha value is -1.05. The van der Waals surface area contributed by atoms with Gasteiger partial charge in [0, 0.05) is 25.8 Å². The summed E-state index contributed by atoms with van der Waals surface area (Å²) in [6.07, 6.45) is 5.24. The zero-order valence-electron chi connectivity index (χ0n) is 10.8. The number of hydrogen-bond donors (Lipinski definition) is 1. The molecule has 1 N–H and O–H groups in total. The van der Waals surface area contributed by atoms with Crippen LogP contribution in [0.4, 0.5) is 0 Å². The molecule has 7 heteroatoms. The molecule has 0 saturated carbocycles. The van der Waals surface area contributed by atoms with Crippen molar-refractivity contribution in [3.8, 4) is 0 Å². The summed E-state index contributed by atoms with van der Waals surface area (Å²) < 4.78 is 24.1. The first-order valence-corrected chi connectivity index (χ1v) is 7.79. The highest BCUT2D eigenvalue weighted by atomic mass is 32.2. The summed E-state index contributed by atoms with van der Waals surface area (Å²) >= 11 is 0. The van der Waals surface area contributed by atoms with Gasteiger partial charge in [-0.05, 0) is 19.0 Å². The molecule has 6 nitrogen and oxygen atoms in total. The van der Waals surface area contributed by atoms with E-state index >= 15 is 0 Å². The van der Waals surface area contributed by atoms with Crippen LogP contribution in [-0.2, 0) is 16.6 Å². The SMILES string of the molecule is CCN(CCCNCc1ccncn1)S(C)(=O)=O. The Labute approximate surface area is 108 Å². The second kappa shape index (κ2) is 7.40. The summed E-state index contributed by atoms with van der Waals surface area (Å²) in [7, 11) is -3.07. The van der Waals surface area contributed by atoms with Crippen LogP contribution >= 0.6 is 0 Å². The number of sulfonamides is 1. The quantitative estimate of drug-likeness (QED) is 0.686. The number of nitrogens with one attached hydrogen (secondary N) is 1. The van der Waals surface area contributed by atoms with Crippen molar-refractivity contribution < 1.29 is 8.42 Å². The van der Waals surface area contributed by atoms with Crippen LogP contribution in [0.1, 0.15) is 19.0 Å². The van der Waals surface area contributed by atoms with Gasteiger partial charge in [-0.15, -0.1) is 0 Å². The maximum absolute atomic E-state index is 11.3. The van der Waals surface area contributed by atoms with Gasteiger partial charge in [-0.2, -0.15) is 0 Å². The molecule has 0 radical (unpaired) electrons. The fraction of sp³-hybridized carbons (Fsp3) is 0.636. The smallest absolute Gasteiger partial charge is 0.211 e. The lowest BCUT2D eigenvalue weighted by Crippen LogP contribution is -2.32. The highest BCUT2D eigenvalue weighted by molar-refractivity contribution is 7.88. The van der Waals surface area contributed by atoms with Gasteiger partial charge in [-0.25, -0.2) is 22.7 Å². The van der Waals surface area contributed by atoms with Gasteiger partial charge in [0.15, 0.2) is 0 Å². The number of rotatable bonds is 8. The summed E-state index contributed by atoms with van der Waals surface area (Å²) in [6.45, 7) is 4.34. The van der Waals surface area contributed by atoms with Crippen molar-refractivity contribution >= 4 is 10.0 Å². The Morgan fingerprint density at radius 2 is 2.22 bits per heavy atom. The molecule has 102 valence electrons. The molecule has 0 aromatic carbocycles. The molecule has 1 aromatic rings.